The average Bonchev–Trinajstić information content (AvgIpc) is 2.42. The summed E-state index contributed by atoms with van der Waals surface area (Å²) in [4.78, 5) is 13.4. The second-order valence-corrected chi connectivity index (χ2v) is 4.40. The van der Waals surface area contributed by atoms with E-state index >= 15 is 0 Å². The minimum Gasteiger partial charge on any atom is -0.370 e. The molecule has 20 heavy (non-hydrogen) atoms. The Bertz CT molecular complexity index is 474. The Hall–Kier alpha value is -1.24. The number of rotatable bonds is 3. The van der Waals surface area contributed by atoms with Crippen LogP contribution in [-0.2, 0) is 9.53 Å². The predicted octanol–water partition coefficient (Wildman–Crippen LogP) is 1.51. The fourth-order valence-corrected chi connectivity index (χ4v) is 2.05. The maximum absolute atomic E-state index is 13.2. The quantitative estimate of drug-likeness (QED) is 0.920. The van der Waals surface area contributed by atoms with Crippen LogP contribution < -0.4 is 5.32 Å². The third kappa shape index (κ3) is 3.88. The average molecular weight is 307 g/mol. The third-order valence-corrected chi connectivity index (χ3v) is 3.06. The first-order valence-electron chi connectivity index (χ1n) is 6.10. The molecule has 0 aromatic heterocycles. The van der Waals surface area contributed by atoms with Crippen molar-refractivity contribution in [3.63, 3.8) is 0 Å². The molecular formula is C13H17ClF2N2O2. The van der Waals surface area contributed by atoms with Crippen molar-refractivity contribution in [3.05, 3.63) is 35.4 Å². The molecule has 1 aromatic rings. The number of hydrogen-bond donors (Lipinski definition) is 1. The molecule has 1 amide bonds. The summed E-state index contributed by atoms with van der Waals surface area (Å²) in [6, 6.07) is 3.67. The second-order valence-electron chi connectivity index (χ2n) is 4.40. The van der Waals surface area contributed by atoms with Crippen LogP contribution in [0, 0.1) is 11.6 Å². The smallest absolute Gasteiger partial charge is 0.236 e. The Kier molecular flexibility index (Phi) is 6.32. The molecule has 1 unspecified atom stereocenters. The summed E-state index contributed by atoms with van der Waals surface area (Å²) in [5, 5.41) is 2.79. The van der Waals surface area contributed by atoms with Crippen molar-refractivity contribution in [2.45, 2.75) is 6.10 Å². The molecule has 0 bridgehead atoms. The van der Waals surface area contributed by atoms with Crippen LogP contribution in [0.15, 0.2) is 18.2 Å². The van der Waals surface area contributed by atoms with E-state index in [0.717, 1.165) is 12.1 Å². The topological polar surface area (TPSA) is 41.6 Å². The van der Waals surface area contributed by atoms with Gasteiger partial charge in [-0.2, -0.15) is 0 Å². The molecule has 1 aliphatic heterocycles. The van der Waals surface area contributed by atoms with E-state index in [1.807, 2.05) is 0 Å². The largest absolute Gasteiger partial charge is 0.370 e. The number of morpholine rings is 1. The Morgan fingerprint density at radius 1 is 1.45 bits per heavy atom. The zero-order valence-corrected chi connectivity index (χ0v) is 11.9. The predicted molar refractivity (Wildman–Crippen MR) is 72.8 cm³/mol. The van der Waals surface area contributed by atoms with Gasteiger partial charge in [0.1, 0.15) is 6.10 Å². The minimum atomic E-state index is -0.903. The summed E-state index contributed by atoms with van der Waals surface area (Å²) < 4.78 is 31.6. The van der Waals surface area contributed by atoms with Crippen LogP contribution in [0.5, 0.6) is 0 Å². The lowest BCUT2D eigenvalue weighted by atomic mass is 10.1. The Labute approximate surface area is 122 Å². The van der Waals surface area contributed by atoms with Gasteiger partial charge in [-0.3, -0.25) is 4.79 Å². The van der Waals surface area contributed by atoms with Crippen LogP contribution in [0.4, 0.5) is 8.78 Å². The van der Waals surface area contributed by atoms with E-state index in [9.17, 15) is 13.6 Å². The number of benzene rings is 1. The van der Waals surface area contributed by atoms with E-state index < -0.39 is 17.7 Å². The highest BCUT2D eigenvalue weighted by molar-refractivity contribution is 5.85. The van der Waals surface area contributed by atoms with E-state index in [1.165, 1.54) is 6.07 Å². The van der Waals surface area contributed by atoms with Gasteiger partial charge >= 0.3 is 0 Å². The van der Waals surface area contributed by atoms with Gasteiger partial charge in [-0.1, -0.05) is 6.07 Å². The summed E-state index contributed by atoms with van der Waals surface area (Å²) >= 11 is 0. The van der Waals surface area contributed by atoms with Gasteiger partial charge in [-0.25, -0.2) is 8.78 Å². The van der Waals surface area contributed by atoms with Crippen molar-refractivity contribution < 1.29 is 18.3 Å². The molecule has 1 aromatic carbocycles. The SMILES string of the molecule is CNCC(=O)N1CCOC(c2ccc(F)c(F)c2)C1.Cl. The maximum Gasteiger partial charge on any atom is 0.236 e. The van der Waals surface area contributed by atoms with Crippen molar-refractivity contribution in [2.24, 2.45) is 0 Å². The standard InChI is InChI=1S/C13H16F2N2O2.ClH/c1-16-7-13(18)17-4-5-19-12(8-17)9-2-3-10(14)11(15)6-9;/h2-3,6,12,16H,4-5,7-8H2,1H3;1H. The van der Waals surface area contributed by atoms with Gasteiger partial charge in [0.2, 0.25) is 5.91 Å². The van der Waals surface area contributed by atoms with Crippen molar-refractivity contribution in [1.82, 2.24) is 10.2 Å². The minimum absolute atomic E-state index is 0. The van der Waals surface area contributed by atoms with Crippen molar-refractivity contribution in [1.29, 1.82) is 0 Å². The number of amides is 1. The highest BCUT2D eigenvalue weighted by Gasteiger charge is 2.25. The van der Waals surface area contributed by atoms with Crippen LogP contribution in [0.1, 0.15) is 11.7 Å². The first-order valence-corrected chi connectivity index (χ1v) is 6.10. The van der Waals surface area contributed by atoms with Gasteiger partial charge in [0.05, 0.1) is 19.7 Å². The van der Waals surface area contributed by atoms with E-state index in [2.05, 4.69) is 5.32 Å². The summed E-state index contributed by atoms with van der Waals surface area (Å²) in [6.07, 6.45) is -0.412. The normalized spacial score (nSPS) is 18.6. The number of nitrogens with zero attached hydrogens (tertiary/aromatic N) is 1. The van der Waals surface area contributed by atoms with Gasteiger partial charge in [0, 0.05) is 6.54 Å². The van der Waals surface area contributed by atoms with Crippen LogP contribution in [0.2, 0.25) is 0 Å². The molecule has 0 radical (unpaired) electrons. The van der Waals surface area contributed by atoms with Gasteiger partial charge in [-0.05, 0) is 24.7 Å². The summed E-state index contributed by atoms with van der Waals surface area (Å²) in [7, 11) is 1.70. The van der Waals surface area contributed by atoms with Gasteiger partial charge < -0.3 is 15.0 Å². The Morgan fingerprint density at radius 2 is 2.20 bits per heavy atom. The molecule has 112 valence electrons. The zero-order valence-electron chi connectivity index (χ0n) is 11.1. The molecule has 7 heteroatoms. The van der Waals surface area contributed by atoms with Crippen LogP contribution >= 0.6 is 12.4 Å². The number of likely N-dealkylation sites (N-methyl/N-ethyl adjacent to an activating group) is 1. The highest BCUT2D eigenvalue weighted by atomic mass is 35.5. The number of halogens is 3. The Balaban J connectivity index is 0.00000200. The lowest BCUT2D eigenvalue weighted by Crippen LogP contribution is -2.45. The molecule has 0 aliphatic carbocycles. The fourth-order valence-electron chi connectivity index (χ4n) is 2.05. The number of carbonyl (C=O) groups excluding carboxylic acids is 1. The molecule has 1 aliphatic rings. The van der Waals surface area contributed by atoms with E-state index in [0.29, 0.717) is 25.3 Å². The first-order chi connectivity index (χ1) is 9.11. The second kappa shape index (κ2) is 7.52. The molecule has 2 rings (SSSR count). The molecule has 1 atom stereocenters. The lowest BCUT2D eigenvalue weighted by molar-refractivity contribution is -0.137. The summed E-state index contributed by atoms with van der Waals surface area (Å²) in [5.41, 5.74) is 0.542. The highest BCUT2D eigenvalue weighted by Crippen LogP contribution is 2.23. The fraction of sp³-hybridized carbons (Fsp3) is 0.462. The third-order valence-electron chi connectivity index (χ3n) is 3.06. The molecule has 1 saturated heterocycles. The van der Waals surface area contributed by atoms with Crippen molar-refractivity contribution in [3.8, 4) is 0 Å². The molecule has 1 heterocycles. The van der Waals surface area contributed by atoms with Gasteiger partial charge in [0.25, 0.3) is 0 Å². The lowest BCUT2D eigenvalue weighted by Gasteiger charge is -2.33. The van der Waals surface area contributed by atoms with Gasteiger partial charge in [-0.15, -0.1) is 12.4 Å². The van der Waals surface area contributed by atoms with Crippen LogP contribution in [0.3, 0.4) is 0 Å². The van der Waals surface area contributed by atoms with Crippen molar-refractivity contribution >= 4 is 18.3 Å². The number of carbonyl (C=O) groups is 1. The van der Waals surface area contributed by atoms with E-state index in [4.69, 9.17) is 4.74 Å². The van der Waals surface area contributed by atoms with E-state index in [1.54, 1.807) is 11.9 Å². The molecule has 1 N–H and O–H groups in total. The molecular weight excluding hydrogens is 290 g/mol. The number of nitrogens with one attached hydrogen (secondary N) is 1. The van der Waals surface area contributed by atoms with Gasteiger partial charge in [0.15, 0.2) is 11.6 Å². The van der Waals surface area contributed by atoms with Crippen LogP contribution in [0.25, 0.3) is 0 Å². The maximum atomic E-state index is 13.2. The summed E-state index contributed by atoms with van der Waals surface area (Å²) in [5.74, 6) is -1.82. The molecule has 4 nitrogen and oxygen atoms in total. The number of hydrogen-bond acceptors (Lipinski definition) is 3. The molecule has 0 spiro atoms. The zero-order chi connectivity index (χ0) is 13.8. The van der Waals surface area contributed by atoms with E-state index in [-0.39, 0.29) is 24.9 Å². The number of ether oxygens (including phenoxy) is 1. The monoisotopic (exact) mass is 306 g/mol. The van der Waals surface area contributed by atoms with Crippen molar-refractivity contribution in [2.75, 3.05) is 33.3 Å². The Morgan fingerprint density at radius 3 is 2.85 bits per heavy atom. The molecule has 1 fully saturated rings. The molecule has 0 saturated carbocycles. The first kappa shape index (κ1) is 16.8. The summed E-state index contributed by atoms with van der Waals surface area (Å²) in [6.45, 7) is 1.51. The van der Waals surface area contributed by atoms with Crippen LogP contribution in [-0.4, -0.2) is 44.1 Å².